The Bertz CT molecular complexity index is 1550. The van der Waals surface area contributed by atoms with Gasteiger partial charge >= 0.3 is 0 Å². The zero-order valence-electron chi connectivity index (χ0n) is 21.7. The normalized spacial score (nSPS) is 12.0. The van der Waals surface area contributed by atoms with Crippen molar-refractivity contribution in [1.29, 1.82) is 0 Å². The number of anilines is 2. The van der Waals surface area contributed by atoms with Crippen molar-refractivity contribution in [2.24, 2.45) is 0 Å². The number of carbonyl (C=O) groups is 1. The molecule has 12 heteroatoms. The van der Waals surface area contributed by atoms with Gasteiger partial charge in [0.25, 0.3) is 10.0 Å². The molecule has 0 aliphatic rings. The van der Waals surface area contributed by atoms with Gasteiger partial charge in [0.05, 0.1) is 31.5 Å². The molecule has 4 rings (SSSR count). The lowest BCUT2D eigenvalue weighted by Crippen LogP contribution is -2.31. The van der Waals surface area contributed by atoms with Gasteiger partial charge in [-0.1, -0.05) is 41.9 Å². The molecule has 0 fully saturated rings. The number of sulfonamides is 1. The first-order valence-electron chi connectivity index (χ1n) is 12.1. The largest absolute Gasteiger partial charge is 0.497 e. The van der Waals surface area contributed by atoms with Crippen LogP contribution in [0.1, 0.15) is 23.5 Å². The van der Waals surface area contributed by atoms with Gasteiger partial charge in [-0.25, -0.2) is 22.1 Å². The average Bonchev–Trinajstić information content (AvgIpc) is 3.50. The van der Waals surface area contributed by atoms with Gasteiger partial charge in [0.2, 0.25) is 0 Å². The molecule has 0 radical (unpaired) electrons. The molecule has 4 aromatic rings. The van der Waals surface area contributed by atoms with Crippen molar-refractivity contribution in [1.82, 2.24) is 4.98 Å². The summed E-state index contributed by atoms with van der Waals surface area (Å²) in [5.74, 6) is -0.229. The van der Waals surface area contributed by atoms with Gasteiger partial charge < -0.3 is 19.6 Å². The molecule has 8 nitrogen and oxygen atoms in total. The first-order chi connectivity index (χ1) is 19.3. The molecule has 0 saturated carbocycles. The maximum Gasteiger partial charge on any atom is 0.269 e. The Morgan fingerprint density at radius 2 is 1.90 bits per heavy atom. The van der Waals surface area contributed by atoms with Crippen LogP contribution in [0.15, 0.2) is 77.1 Å². The number of ether oxygens (including phenoxy) is 2. The van der Waals surface area contributed by atoms with E-state index in [-0.39, 0.29) is 41.3 Å². The van der Waals surface area contributed by atoms with Crippen molar-refractivity contribution >= 4 is 50.1 Å². The van der Waals surface area contributed by atoms with E-state index in [4.69, 9.17) is 21.1 Å². The van der Waals surface area contributed by atoms with Crippen LogP contribution in [0.5, 0.6) is 11.5 Å². The fourth-order valence-electron chi connectivity index (χ4n) is 4.12. The van der Waals surface area contributed by atoms with E-state index in [0.717, 1.165) is 39.6 Å². The van der Waals surface area contributed by atoms with Crippen molar-refractivity contribution < 1.29 is 27.1 Å². The highest BCUT2D eigenvalue weighted by atomic mass is 35.5. The number of nitrogens with zero attached hydrogens (tertiary/aromatic N) is 2. The van der Waals surface area contributed by atoms with Gasteiger partial charge in [-0.2, -0.15) is 0 Å². The second-order valence-electron chi connectivity index (χ2n) is 8.66. The first kappa shape index (κ1) is 29.3. The lowest BCUT2D eigenvalue weighted by atomic mass is 9.96. The van der Waals surface area contributed by atoms with E-state index < -0.39 is 20.7 Å². The molecule has 0 aliphatic carbocycles. The number of aldehydes is 1. The van der Waals surface area contributed by atoms with Crippen LogP contribution < -0.4 is 19.1 Å². The zero-order chi connectivity index (χ0) is 28.7. The van der Waals surface area contributed by atoms with Gasteiger partial charge in [-0.3, -0.25) is 0 Å². The van der Waals surface area contributed by atoms with E-state index in [1.165, 1.54) is 20.4 Å². The third-order valence-electron chi connectivity index (χ3n) is 6.22. The zero-order valence-corrected chi connectivity index (χ0v) is 24.1. The van der Waals surface area contributed by atoms with Crippen LogP contribution in [0.3, 0.4) is 0 Å². The van der Waals surface area contributed by atoms with E-state index in [1.807, 2.05) is 30.3 Å². The van der Waals surface area contributed by atoms with Gasteiger partial charge in [0.15, 0.2) is 5.13 Å². The summed E-state index contributed by atoms with van der Waals surface area (Å²) in [6.45, 7) is 0.112. The minimum atomic E-state index is -4.45. The summed E-state index contributed by atoms with van der Waals surface area (Å²) in [4.78, 5) is 14.8. The molecular weight excluding hydrogens is 577 g/mol. The highest BCUT2D eigenvalue weighted by molar-refractivity contribution is 7.93. The minimum Gasteiger partial charge on any atom is -0.497 e. The molecule has 1 aromatic heterocycles. The standard InChI is InChI=1S/C28H27ClFN3O5S2/c1-37-22-9-8-21(26(14-22)38-2)18-33(28-31-11-13-39-28)40(35,36)27-15-23(29)25(16-24(27)30)32-17-20(10-12-34)19-6-4-3-5-7-19/h3-9,11-16,20,32H,10,17-18H2,1-2H3. The minimum absolute atomic E-state index is 0.0130. The maximum absolute atomic E-state index is 15.5. The number of thiazole rings is 1. The number of methoxy groups -OCH3 is 2. The number of aromatic nitrogens is 1. The number of nitrogens with one attached hydrogen (secondary N) is 1. The van der Waals surface area contributed by atoms with E-state index >= 15 is 4.39 Å². The highest BCUT2D eigenvalue weighted by Gasteiger charge is 2.31. The Kier molecular flexibility index (Phi) is 9.62. The summed E-state index contributed by atoms with van der Waals surface area (Å²) in [5, 5.41) is 4.85. The Hall–Kier alpha value is -3.67. The van der Waals surface area contributed by atoms with Crippen LogP contribution in [-0.4, -0.2) is 40.5 Å². The summed E-state index contributed by atoms with van der Waals surface area (Å²) in [6, 6.07) is 16.5. The van der Waals surface area contributed by atoms with E-state index in [9.17, 15) is 13.2 Å². The Morgan fingerprint density at radius 1 is 1.12 bits per heavy atom. The summed E-state index contributed by atoms with van der Waals surface area (Å²) in [7, 11) is -1.48. The Morgan fingerprint density at radius 3 is 2.55 bits per heavy atom. The summed E-state index contributed by atoms with van der Waals surface area (Å²) in [5.41, 5.74) is 1.67. The number of benzene rings is 3. The van der Waals surface area contributed by atoms with Crippen LogP contribution >= 0.6 is 22.9 Å². The van der Waals surface area contributed by atoms with Gasteiger partial charge in [-0.15, -0.1) is 11.3 Å². The van der Waals surface area contributed by atoms with Crippen LogP contribution in [0, 0.1) is 5.82 Å². The molecule has 0 aliphatic heterocycles. The number of hydrogen-bond donors (Lipinski definition) is 1. The number of rotatable bonds is 13. The molecule has 40 heavy (non-hydrogen) atoms. The molecular formula is C28H27ClFN3O5S2. The monoisotopic (exact) mass is 603 g/mol. The third-order valence-corrected chi connectivity index (χ3v) is 9.19. The fraction of sp³-hybridized carbons (Fsp3) is 0.214. The Balaban J connectivity index is 1.65. The molecule has 3 aromatic carbocycles. The van der Waals surface area contributed by atoms with E-state index in [2.05, 4.69) is 10.3 Å². The highest BCUT2D eigenvalue weighted by Crippen LogP contribution is 2.35. The van der Waals surface area contributed by atoms with Gasteiger partial charge in [-0.05, 0) is 29.8 Å². The molecule has 210 valence electrons. The van der Waals surface area contributed by atoms with E-state index in [1.54, 1.807) is 23.6 Å². The third kappa shape index (κ3) is 6.55. The number of halogens is 2. The van der Waals surface area contributed by atoms with Crippen molar-refractivity contribution in [3.63, 3.8) is 0 Å². The maximum atomic E-state index is 15.5. The molecule has 0 bridgehead atoms. The lowest BCUT2D eigenvalue weighted by Gasteiger charge is -2.24. The topological polar surface area (TPSA) is 97.8 Å². The lowest BCUT2D eigenvalue weighted by molar-refractivity contribution is -0.108. The van der Waals surface area contributed by atoms with Gasteiger partial charge in [0, 0.05) is 42.1 Å². The van der Waals surface area contributed by atoms with Crippen molar-refractivity contribution in [3.05, 3.63) is 94.2 Å². The Labute approximate surface area is 241 Å². The molecule has 0 spiro atoms. The predicted octanol–water partition coefficient (Wildman–Crippen LogP) is 6.13. The predicted molar refractivity (Wildman–Crippen MR) is 155 cm³/mol. The van der Waals surface area contributed by atoms with Crippen LogP contribution in [0.4, 0.5) is 15.2 Å². The van der Waals surface area contributed by atoms with Crippen LogP contribution in [0.25, 0.3) is 0 Å². The molecule has 0 amide bonds. The van der Waals surface area contributed by atoms with Crippen LogP contribution in [-0.2, 0) is 21.4 Å². The van der Waals surface area contributed by atoms with Crippen molar-refractivity contribution in [3.8, 4) is 11.5 Å². The number of carbonyl (C=O) groups excluding carboxylic acids is 1. The van der Waals surface area contributed by atoms with Gasteiger partial charge in [0.1, 0.15) is 28.5 Å². The fourth-order valence-corrected chi connectivity index (χ4v) is 6.76. The molecule has 0 saturated heterocycles. The quantitative estimate of drug-likeness (QED) is 0.184. The second kappa shape index (κ2) is 13.1. The summed E-state index contributed by atoms with van der Waals surface area (Å²) < 4.78 is 54.9. The molecule has 1 atom stereocenters. The first-order valence-corrected chi connectivity index (χ1v) is 14.8. The van der Waals surface area contributed by atoms with Crippen molar-refractivity contribution in [2.45, 2.75) is 23.8 Å². The smallest absolute Gasteiger partial charge is 0.269 e. The van der Waals surface area contributed by atoms with Crippen molar-refractivity contribution in [2.75, 3.05) is 30.4 Å². The molecule has 1 unspecified atom stereocenters. The molecule has 1 heterocycles. The summed E-state index contributed by atoms with van der Waals surface area (Å²) >= 11 is 7.55. The SMILES string of the molecule is COc1ccc(CN(c2nccs2)S(=O)(=O)c2cc(Cl)c(NCC(CC=O)c3ccccc3)cc2F)c(OC)c1. The molecule has 1 N–H and O–H groups in total. The second-order valence-corrected chi connectivity index (χ2v) is 11.8. The number of hydrogen-bond acceptors (Lipinski definition) is 8. The van der Waals surface area contributed by atoms with Crippen LogP contribution in [0.2, 0.25) is 5.02 Å². The van der Waals surface area contributed by atoms with E-state index in [0.29, 0.717) is 17.1 Å². The summed E-state index contributed by atoms with van der Waals surface area (Å²) in [6.07, 6.45) is 2.54. The average molecular weight is 604 g/mol.